The minimum Gasteiger partial charge on any atom is -0.503 e. The molecule has 1 aliphatic rings. The Hall–Kier alpha value is -2.16. The average Bonchev–Trinajstić information content (AvgIpc) is 3.15. The Balaban J connectivity index is 1.77. The number of aliphatic hydroxyl groups excluding tert-OH is 1. The molecule has 0 aliphatic carbocycles. The summed E-state index contributed by atoms with van der Waals surface area (Å²) in [5.41, 5.74) is 0.883. The van der Waals surface area contributed by atoms with Gasteiger partial charge >= 0.3 is 0 Å². The molecule has 7 heteroatoms. The zero-order chi connectivity index (χ0) is 18.1. The quantitative estimate of drug-likeness (QED) is 0.324. The van der Waals surface area contributed by atoms with E-state index in [-0.39, 0.29) is 27.7 Å². The molecule has 1 amide bonds. The molecule has 0 bridgehead atoms. The predicted octanol–water partition coefficient (Wildman–Crippen LogP) is 3.63. The maximum atomic E-state index is 12.9. The Bertz CT molecular complexity index is 854. The molecule has 0 radical (unpaired) electrons. The van der Waals surface area contributed by atoms with Crippen molar-refractivity contribution < 1.29 is 23.5 Å². The number of furan rings is 1. The molecular weight excluding hydrogens is 440 g/mol. The number of benzene rings is 1. The van der Waals surface area contributed by atoms with Crippen molar-refractivity contribution in [1.29, 1.82) is 0 Å². The summed E-state index contributed by atoms with van der Waals surface area (Å²) in [4.78, 5) is 25.9. The molecule has 1 atom stereocenters. The van der Waals surface area contributed by atoms with E-state index in [0.717, 1.165) is 5.56 Å². The molecule has 0 fully saturated rings. The summed E-state index contributed by atoms with van der Waals surface area (Å²) in [6, 6.07) is 9.17. The lowest BCUT2D eigenvalue weighted by atomic mass is 10.1. The lowest BCUT2D eigenvalue weighted by molar-refractivity contribution is -0.127. The van der Waals surface area contributed by atoms with Crippen LogP contribution in [-0.2, 0) is 11.2 Å². The first-order chi connectivity index (χ1) is 11.9. The molecule has 0 spiro atoms. The fraction of sp³-hybridized carbons (Fsp3) is 0.222. The summed E-state index contributed by atoms with van der Waals surface area (Å²) in [5.74, 6) is -1.29. The minimum atomic E-state index is -0.552. The number of amides is 1. The molecule has 1 aliphatic heterocycles. The van der Waals surface area contributed by atoms with Gasteiger partial charge in [0.25, 0.3) is 5.91 Å². The first-order valence-electron chi connectivity index (χ1n) is 7.62. The topological polar surface area (TPSA) is 70.8 Å². The van der Waals surface area contributed by atoms with Gasteiger partial charge in [0.05, 0.1) is 16.2 Å². The monoisotopic (exact) mass is 455 g/mol. The van der Waals surface area contributed by atoms with Crippen LogP contribution >= 0.6 is 22.6 Å². The smallest absolute Gasteiger partial charge is 0.290 e. The Labute approximate surface area is 157 Å². The second kappa shape index (κ2) is 6.99. The number of alkyl halides is 1. The number of hydrogen-bond acceptors (Lipinski definition) is 4. The highest BCUT2D eigenvalue weighted by atomic mass is 127. The van der Waals surface area contributed by atoms with E-state index in [4.69, 9.17) is 4.42 Å². The Kier molecular flexibility index (Phi) is 4.94. The maximum absolute atomic E-state index is 12.9. The van der Waals surface area contributed by atoms with Gasteiger partial charge in [-0.05, 0) is 36.8 Å². The second-order valence-electron chi connectivity index (χ2n) is 5.73. The maximum Gasteiger partial charge on any atom is 0.290 e. The molecule has 2 aromatic rings. The van der Waals surface area contributed by atoms with Crippen molar-refractivity contribution in [2.75, 3.05) is 6.54 Å². The lowest BCUT2D eigenvalue weighted by Gasteiger charge is -2.18. The van der Waals surface area contributed by atoms with Crippen LogP contribution in [-0.4, -0.2) is 32.3 Å². The van der Waals surface area contributed by atoms with Crippen LogP contribution in [0.15, 0.2) is 52.1 Å². The highest BCUT2D eigenvalue weighted by Gasteiger charge is 2.36. The van der Waals surface area contributed by atoms with Crippen molar-refractivity contribution in [1.82, 2.24) is 4.90 Å². The van der Waals surface area contributed by atoms with Crippen LogP contribution in [0.5, 0.6) is 0 Å². The normalized spacial score (nSPS) is 15.8. The van der Waals surface area contributed by atoms with Crippen molar-refractivity contribution >= 4 is 34.3 Å². The highest BCUT2D eigenvalue weighted by molar-refractivity contribution is 14.1. The van der Waals surface area contributed by atoms with Gasteiger partial charge in [-0.2, -0.15) is 0 Å². The fourth-order valence-corrected chi connectivity index (χ4v) is 3.05. The van der Waals surface area contributed by atoms with Gasteiger partial charge in [0.15, 0.2) is 11.5 Å². The number of aliphatic hydroxyl groups is 1. The summed E-state index contributed by atoms with van der Waals surface area (Å²) in [7, 11) is 0. The van der Waals surface area contributed by atoms with Crippen molar-refractivity contribution in [2.45, 2.75) is 17.4 Å². The number of halogens is 2. The summed E-state index contributed by atoms with van der Waals surface area (Å²) in [6.45, 7) is 1.86. The van der Waals surface area contributed by atoms with Gasteiger partial charge in [0.1, 0.15) is 11.6 Å². The Morgan fingerprint density at radius 1 is 1.32 bits per heavy atom. The number of nitrogens with zero attached hydrogens (tertiary/aromatic N) is 1. The fourth-order valence-electron chi connectivity index (χ4n) is 2.60. The number of ketones is 1. The van der Waals surface area contributed by atoms with Crippen LogP contribution in [0.3, 0.4) is 0 Å². The lowest BCUT2D eigenvalue weighted by Crippen LogP contribution is -2.32. The van der Waals surface area contributed by atoms with E-state index < -0.39 is 17.4 Å². The first kappa shape index (κ1) is 17.7. The van der Waals surface area contributed by atoms with Crippen LogP contribution < -0.4 is 0 Å². The zero-order valence-corrected chi connectivity index (χ0v) is 15.5. The third-order valence-corrected chi connectivity index (χ3v) is 4.63. The van der Waals surface area contributed by atoms with Crippen LogP contribution in [0.2, 0.25) is 0 Å². The Morgan fingerprint density at radius 2 is 2.00 bits per heavy atom. The molecule has 1 unspecified atom stereocenters. The minimum absolute atomic E-state index is 0.0381. The van der Waals surface area contributed by atoms with Gasteiger partial charge in [-0.25, -0.2) is 4.39 Å². The largest absolute Gasteiger partial charge is 0.503 e. The van der Waals surface area contributed by atoms with Gasteiger partial charge < -0.3 is 14.4 Å². The third kappa shape index (κ3) is 3.60. The zero-order valence-electron chi connectivity index (χ0n) is 13.3. The molecule has 3 rings (SSSR count). The molecule has 130 valence electrons. The Morgan fingerprint density at radius 3 is 2.60 bits per heavy atom. The van der Waals surface area contributed by atoms with Crippen LogP contribution in [0.4, 0.5) is 4.39 Å². The predicted molar refractivity (Wildman–Crippen MR) is 97.1 cm³/mol. The van der Waals surface area contributed by atoms with Gasteiger partial charge in [-0.1, -0.05) is 34.7 Å². The molecular formula is C18H15FINO4. The van der Waals surface area contributed by atoms with Gasteiger partial charge in [0.2, 0.25) is 5.78 Å². The van der Waals surface area contributed by atoms with Crippen molar-refractivity contribution in [3.05, 3.63) is 70.6 Å². The van der Waals surface area contributed by atoms with Crippen LogP contribution in [0.1, 0.15) is 28.8 Å². The molecule has 1 N–H and O–H groups in total. The molecule has 2 heterocycles. The average molecular weight is 455 g/mol. The molecule has 1 aromatic heterocycles. The first-order valence-corrected chi connectivity index (χ1v) is 8.86. The van der Waals surface area contributed by atoms with E-state index in [1.54, 1.807) is 25.1 Å². The third-order valence-electron chi connectivity index (χ3n) is 3.96. The summed E-state index contributed by atoms with van der Waals surface area (Å²) >= 11 is 2.04. The van der Waals surface area contributed by atoms with E-state index in [9.17, 15) is 19.1 Å². The SMILES string of the molecule is CC(I)N1CC(C(=O)c2ccc(Cc3ccc(F)cc3)o2)=C(O)C1=O. The van der Waals surface area contributed by atoms with Crippen LogP contribution in [0, 0.1) is 5.82 Å². The van der Waals surface area contributed by atoms with E-state index >= 15 is 0 Å². The number of Topliss-reactive ketones (excluding diaryl/α,β-unsaturated/α-hetero) is 1. The summed E-state index contributed by atoms with van der Waals surface area (Å²) in [6.07, 6.45) is 0.411. The van der Waals surface area contributed by atoms with Crippen LogP contribution in [0.25, 0.3) is 0 Å². The van der Waals surface area contributed by atoms with Crippen molar-refractivity contribution in [3.63, 3.8) is 0 Å². The van der Waals surface area contributed by atoms with E-state index in [1.807, 2.05) is 22.6 Å². The molecule has 1 aromatic carbocycles. The highest BCUT2D eigenvalue weighted by Crippen LogP contribution is 2.26. The van der Waals surface area contributed by atoms with Crippen molar-refractivity contribution in [2.24, 2.45) is 0 Å². The number of rotatable bonds is 5. The van der Waals surface area contributed by atoms with Gasteiger partial charge in [-0.15, -0.1) is 0 Å². The van der Waals surface area contributed by atoms with Crippen molar-refractivity contribution in [3.8, 4) is 0 Å². The van der Waals surface area contributed by atoms with Gasteiger partial charge in [-0.3, -0.25) is 9.59 Å². The molecule has 5 nitrogen and oxygen atoms in total. The standard InChI is InChI=1S/C18H15FINO4/c1-10(20)21-9-14(17(23)18(21)24)16(22)15-7-6-13(25-15)8-11-2-4-12(19)5-3-11/h2-7,10,23H,8-9H2,1H3. The van der Waals surface area contributed by atoms with E-state index in [0.29, 0.717) is 12.2 Å². The number of carbonyl (C=O) groups excluding carboxylic acids is 2. The molecule has 25 heavy (non-hydrogen) atoms. The van der Waals surface area contributed by atoms with Gasteiger partial charge in [0, 0.05) is 6.42 Å². The van der Waals surface area contributed by atoms with E-state index in [1.165, 1.54) is 23.1 Å². The number of carbonyl (C=O) groups is 2. The summed E-state index contributed by atoms with van der Waals surface area (Å²) < 4.78 is 18.3. The number of hydrogen-bond donors (Lipinski definition) is 1. The molecule has 0 saturated heterocycles. The summed E-state index contributed by atoms with van der Waals surface area (Å²) in [5, 5.41) is 9.96. The molecule has 0 saturated carbocycles. The second-order valence-corrected chi connectivity index (χ2v) is 7.54. The van der Waals surface area contributed by atoms with E-state index in [2.05, 4.69) is 0 Å².